The molecule has 31 heavy (non-hydrogen) atoms. The summed E-state index contributed by atoms with van der Waals surface area (Å²) in [5.41, 5.74) is 3.94. The van der Waals surface area contributed by atoms with Crippen LogP contribution >= 0.6 is 11.3 Å². The predicted molar refractivity (Wildman–Crippen MR) is 124 cm³/mol. The lowest BCUT2D eigenvalue weighted by Gasteiger charge is -2.11. The van der Waals surface area contributed by atoms with Gasteiger partial charge in [0, 0.05) is 11.6 Å². The van der Waals surface area contributed by atoms with E-state index in [1.165, 1.54) is 0 Å². The molecule has 0 spiro atoms. The van der Waals surface area contributed by atoms with E-state index in [4.69, 9.17) is 4.98 Å². The van der Waals surface area contributed by atoms with E-state index in [-0.39, 0.29) is 11.9 Å². The highest BCUT2D eigenvalue weighted by molar-refractivity contribution is 7.18. The van der Waals surface area contributed by atoms with E-state index >= 15 is 0 Å². The lowest BCUT2D eigenvalue weighted by molar-refractivity contribution is 0.0952. The van der Waals surface area contributed by atoms with E-state index in [0.29, 0.717) is 17.8 Å². The Bertz CT molecular complexity index is 1350. The highest BCUT2D eigenvalue weighted by Crippen LogP contribution is 2.27. The molecule has 0 bridgehead atoms. The standard InChI is InChI=1S/C24H21N5OS/c1-15(2)29-23-18(13-26-29)17(12-20(28-23)16-8-4-3-5-9-16)24(30)25-14-22-27-19-10-6-7-11-21(19)31-22/h3-13,15H,14H2,1-2H3,(H,25,30). The number of nitrogens with one attached hydrogen (secondary N) is 1. The lowest BCUT2D eigenvalue weighted by atomic mass is 10.1. The molecule has 1 N–H and O–H groups in total. The van der Waals surface area contributed by atoms with E-state index in [2.05, 4.69) is 29.2 Å². The number of thiazole rings is 1. The van der Waals surface area contributed by atoms with Gasteiger partial charge in [0.1, 0.15) is 5.01 Å². The van der Waals surface area contributed by atoms with Crippen LogP contribution in [-0.2, 0) is 6.54 Å². The van der Waals surface area contributed by atoms with Crippen LogP contribution < -0.4 is 5.32 Å². The number of aromatic nitrogens is 4. The zero-order chi connectivity index (χ0) is 21.4. The number of pyridine rings is 1. The van der Waals surface area contributed by atoms with Gasteiger partial charge >= 0.3 is 0 Å². The maximum atomic E-state index is 13.2. The molecule has 0 radical (unpaired) electrons. The molecule has 5 aromatic rings. The third kappa shape index (κ3) is 3.68. The van der Waals surface area contributed by atoms with Crippen molar-refractivity contribution in [1.29, 1.82) is 0 Å². The van der Waals surface area contributed by atoms with Gasteiger partial charge in [-0.1, -0.05) is 42.5 Å². The molecule has 2 aromatic carbocycles. The average Bonchev–Trinajstić information content (AvgIpc) is 3.41. The Hall–Kier alpha value is -3.58. The van der Waals surface area contributed by atoms with E-state index in [1.807, 2.05) is 65.3 Å². The zero-order valence-electron chi connectivity index (χ0n) is 17.2. The van der Waals surface area contributed by atoms with Gasteiger partial charge in [0.15, 0.2) is 5.65 Å². The summed E-state index contributed by atoms with van der Waals surface area (Å²) in [6, 6.07) is 19.8. The van der Waals surface area contributed by atoms with Gasteiger partial charge in [-0.15, -0.1) is 11.3 Å². The van der Waals surface area contributed by atoms with E-state index in [0.717, 1.165) is 31.9 Å². The first-order valence-corrected chi connectivity index (χ1v) is 11.0. The quantitative estimate of drug-likeness (QED) is 0.417. The summed E-state index contributed by atoms with van der Waals surface area (Å²) in [5.74, 6) is -0.160. The van der Waals surface area contributed by atoms with Crippen LogP contribution in [0.2, 0.25) is 0 Å². The van der Waals surface area contributed by atoms with Crippen LogP contribution in [0.25, 0.3) is 32.5 Å². The third-order valence-corrected chi connectivity index (χ3v) is 6.14. The Morgan fingerprint density at radius 2 is 1.84 bits per heavy atom. The monoisotopic (exact) mass is 427 g/mol. The predicted octanol–water partition coefficient (Wildman–Crippen LogP) is 5.22. The van der Waals surface area contributed by atoms with Crippen molar-refractivity contribution in [2.75, 3.05) is 0 Å². The van der Waals surface area contributed by atoms with Crippen LogP contribution in [0.1, 0.15) is 35.3 Å². The summed E-state index contributed by atoms with van der Waals surface area (Å²) in [6.07, 6.45) is 1.73. The molecular formula is C24H21N5OS. The fraction of sp³-hybridized carbons (Fsp3) is 0.167. The normalized spacial score (nSPS) is 11.5. The molecule has 1 amide bonds. The van der Waals surface area contributed by atoms with Crippen molar-refractivity contribution < 1.29 is 4.79 Å². The lowest BCUT2D eigenvalue weighted by Crippen LogP contribution is -2.23. The summed E-state index contributed by atoms with van der Waals surface area (Å²) < 4.78 is 2.97. The van der Waals surface area contributed by atoms with Crippen molar-refractivity contribution >= 4 is 38.5 Å². The fourth-order valence-electron chi connectivity index (χ4n) is 3.59. The first kappa shape index (κ1) is 19.4. The minimum atomic E-state index is -0.160. The number of carbonyl (C=O) groups is 1. The van der Waals surface area contributed by atoms with E-state index in [9.17, 15) is 4.79 Å². The molecule has 3 aromatic heterocycles. The maximum absolute atomic E-state index is 13.2. The number of nitrogens with zero attached hydrogens (tertiary/aromatic N) is 4. The topological polar surface area (TPSA) is 72.7 Å². The zero-order valence-corrected chi connectivity index (χ0v) is 18.1. The Labute approximate surface area is 183 Å². The van der Waals surface area contributed by atoms with Gasteiger partial charge in [-0.05, 0) is 32.0 Å². The number of amides is 1. The number of hydrogen-bond donors (Lipinski definition) is 1. The van der Waals surface area contributed by atoms with Crippen molar-refractivity contribution in [3.05, 3.63) is 77.4 Å². The molecule has 7 heteroatoms. The van der Waals surface area contributed by atoms with Crippen molar-refractivity contribution in [2.24, 2.45) is 0 Å². The van der Waals surface area contributed by atoms with Gasteiger partial charge < -0.3 is 5.32 Å². The van der Waals surface area contributed by atoms with E-state index < -0.39 is 0 Å². The molecule has 0 aliphatic rings. The molecule has 6 nitrogen and oxygen atoms in total. The summed E-state index contributed by atoms with van der Waals surface area (Å²) in [7, 11) is 0. The largest absolute Gasteiger partial charge is 0.345 e. The van der Waals surface area contributed by atoms with Gasteiger partial charge in [-0.2, -0.15) is 5.10 Å². The molecule has 0 unspecified atom stereocenters. The molecule has 0 fully saturated rings. The smallest absolute Gasteiger partial charge is 0.252 e. The van der Waals surface area contributed by atoms with Crippen molar-refractivity contribution in [3.63, 3.8) is 0 Å². The van der Waals surface area contributed by atoms with Crippen LogP contribution in [0.4, 0.5) is 0 Å². The van der Waals surface area contributed by atoms with Crippen LogP contribution in [0.3, 0.4) is 0 Å². The number of carbonyl (C=O) groups excluding carboxylic acids is 1. The number of fused-ring (bicyclic) bond motifs is 2. The van der Waals surface area contributed by atoms with Crippen LogP contribution in [-0.4, -0.2) is 25.7 Å². The maximum Gasteiger partial charge on any atom is 0.252 e. The number of para-hydroxylation sites is 1. The summed E-state index contributed by atoms with van der Waals surface area (Å²) in [5, 5.41) is 9.13. The molecular weight excluding hydrogens is 406 g/mol. The minimum Gasteiger partial charge on any atom is -0.345 e. The van der Waals surface area contributed by atoms with Crippen LogP contribution in [0.15, 0.2) is 66.9 Å². The average molecular weight is 428 g/mol. The Kier molecular flexibility index (Phi) is 4.95. The Morgan fingerprint density at radius 3 is 2.61 bits per heavy atom. The van der Waals surface area contributed by atoms with E-state index in [1.54, 1.807) is 17.5 Å². The van der Waals surface area contributed by atoms with Gasteiger partial charge in [0.2, 0.25) is 0 Å². The van der Waals surface area contributed by atoms with Crippen molar-refractivity contribution in [1.82, 2.24) is 25.1 Å². The molecule has 0 saturated carbocycles. The number of benzene rings is 2. The second-order valence-corrected chi connectivity index (χ2v) is 8.71. The van der Waals surface area contributed by atoms with Crippen molar-refractivity contribution in [3.8, 4) is 11.3 Å². The molecule has 0 aliphatic carbocycles. The van der Waals surface area contributed by atoms with Crippen LogP contribution in [0.5, 0.6) is 0 Å². The first-order chi connectivity index (χ1) is 15.1. The summed E-state index contributed by atoms with van der Waals surface area (Å²) in [6.45, 7) is 4.48. The highest BCUT2D eigenvalue weighted by Gasteiger charge is 2.19. The third-order valence-electron chi connectivity index (χ3n) is 5.11. The van der Waals surface area contributed by atoms with Gasteiger partial charge in [-0.3, -0.25) is 4.79 Å². The second-order valence-electron chi connectivity index (χ2n) is 7.60. The van der Waals surface area contributed by atoms with Crippen LogP contribution in [0, 0.1) is 0 Å². The molecule has 0 atom stereocenters. The summed E-state index contributed by atoms with van der Waals surface area (Å²) in [4.78, 5) is 22.6. The fourth-order valence-corrected chi connectivity index (χ4v) is 4.49. The van der Waals surface area contributed by atoms with Crippen molar-refractivity contribution in [2.45, 2.75) is 26.4 Å². The number of hydrogen-bond acceptors (Lipinski definition) is 5. The molecule has 0 saturated heterocycles. The SMILES string of the molecule is CC(C)n1ncc2c(C(=O)NCc3nc4ccccc4s3)cc(-c3ccccc3)nc21. The van der Waals surface area contributed by atoms with Gasteiger partial charge in [0.05, 0.1) is 39.6 Å². The molecule has 154 valence electrons. The molecule has 0 aliphatic heterocycles. The minimum absolute atomic E-state index is 0.134. The Balaban J connectivity index is 1.52. The summed E-state index contributed by atoms with van der Waals surface area (Å²) >= 11 is 1.59. The molecule has 5 rings (SSSR count). The highest BCUT2D eigenvalue weighted by atomic mass is 32.1. The number of rotatable bonds is 5. The molecule has 3 heterocycles. The first-order valence-electron chi connectivity index (χ1n) is 10.2. The second kappa shape index (κ2) is 7.92. The van der Waals surface area contributed by atoms with Gasteiger partial charge in [0.25, 0.3) is 5.91 Å². The van der Waals surface area contributed by atoms with Gasteiger partial charge in [-0.25, -0.2) is 14.6 Å². The Morgan fingerprint density at radius 1 is 1.06 bits per heavy atom.